The average molecular weight is 223 g/mol. The Hall–Kier alpha value is -1.75. The van der Waals surface area contributed by atoms with E-state index in [4.69, 9.17) is 10.9 Å². The van der Waals surface area contributed by atoms with Crippen molar-refractivity contribution in [3.63, 3.8) is 0 Å². The van der Waals surface area contributed by atoms with Gasteiger partial charge in [-0.05, 0) is 31.2 Å². The van der Waals surface area contributed by atoms with Gasteiger partial charge >= 0.3 is 0 Å². The van der Waals surface area contributed by atoms with E-state index < -0.39 is 0 Å². The highest BCUT2D eigenvalue weighted by Gasteiger charge is 2.05. The van der Waals surface area contributed by atoms with Gasteiger partial charge in [0.2, 0.25) is 0 Å². The number of hydrogen-bond donors (Lipinski definition) is 3. The number of likely N-dealkylation sites (N-methyl/N-ethyl adjacent to an activating group) is 1. The van der Waals surface area contributed by atoms with Crippen LogP contribution in [0.5, 0.6) is 0 Å². The van der Waals surface area contributed by atoms with Crippen molar-refractivity contribution in [3.8, 4) is 0 Å². The fraction of sp³-hybridized carbons (Fsp3) is 0.364. The minimum atomic E-state index is -0.381. The van der Waals surface area contributed by atoms with Crippen molar-refractivity contribution >= 4 is 11.5 Å². The standard InChI is InChI=1S/C11H17N3O2/c1-8(15)7-14(2)10-5-3-9(4-6-10)11(12)13-16/h3-6,8,15-16H,7H2,1-2H3,(H2,12,13). The van der Waals surface area contributed by atoms with Gasteiger partial charge in [-0.1, -0.05) is 5.16 Å². The highest BCUT2D eigenvalue weighted by molar-refractivity contribution is 5.97. The molecule has 0 saturated heterocycles. The van der Waals surface area contributed by atoms with Crippen molar-refractivity contribution in [1.82, 2.24) is 0 Å². The molecule has 5 heteroatoms. The number of hydrogen-bond acceptors (Lipinski definition) is 4. The summed E-state index contributed by atoms with van der Waals surface area (Å²) < 4.78 is 0. The highest BCUT2D eigenvalue weighted by Crippen LogP contribution is 2.13. The fourth-order valence-electron chi connectivity index (χ4n) is 1.45. The number of benzene rings is 1. The monoisotopic (exact) mass is 223 g/mol. The van der Waals surface area contributed by atoms with Crippen LogP contribution in [0.15, 0.2) is 29.4 Å². The van der Waals surface area contributed by atoms with E-state index in [1.54, 1.807) is 19.1 Å². The summed E-state index contributed by atoms with van der Waals surface area (Å²) in [7, 11) is 1.89. The molecular formula is C11H17N3O2. The van der Waals surface area contributed by atoms with Crippen molar-refractivity contribution in [1.29, 1.82) is 0 Å². The minimum Gasteiger partial charge on any atom is -0.409 e. The molecule has 0 aliphatic carbocycles. The molecule has 16 heavy (non-hydrogen) atoms. The van der Waals surface area contributed by atoms with Crippen LogP contribution >= 0.6 is 0 Å². The zero-order valence-corrected chi connectivity index (χ0v) is 9.46. The minimum absolute atomic E-state index is 0.0877. The summed E-state index contributed by atoms with van der Waals surface area (Å²) in [5.41, 5.74) is 7.08. The van der Waals surface area contributed by atoms with E-state index in [9.17, 15) is 5.11 Å². The van der Waals surface area contributed by atoms with Gasteiger partial charge < -0.3 is 20.9 Å². The number of amidine groups is 1. The van der Waals surface area contributed by atoms with E-state index in [1.807, 2.05) is 24.1 Å². The second-order valence-corrected chi connectivity index (χ2v) is 3.76. The molecule has 0 amide bonds. The van der Waals surface area contributed by atoms with E-state index in [-0.39, 0.29) is 11.9 Å². The maximum Gasteiger partial charge on any atom is 0.170 e. The molecule has 4 N–H and O–H groups in total. The second-order valence-electron chi connectivity index (χ2n) is 3.76. The van der Waals surface area contributed by atoms with Gasteiger partial charge in [-0.2, -0.15) is 0 Å². The molecule has 1 unspecified atom stereocenters. The number of oxime groups is 1. The van der Waals surface area contributed by atoms with E-state index >= 15 is 0 Å². The van der Waals surface area contributed by atoms with Gasteiger partial charge in [0.25, 0.3) is 0 Å². The molecule has 0 aromatic heterocycles. The van der Waals surface area contributed by atoms with Gasteiger partial charge in [-0.3, -0.25) is 0 Å². The molecule has 0 fully saturated rings. The Morgan fingerprint density at radius 3 is 2.44 bits per heavy atom. The number of anilines is 1. The summed E-state index contributed by atoms with van der Waals surface area (Å²) in [4.78, 5) is 1.93. The molecule has 1 rings (SSSR count). The van der Waals surface area contributed by atoms with Crippen LogP contribution in [0.25, 0.3) is 0 Å². The average Bonchev–Trinajstić information content (AvgIpc) is 2.27. The van der Waals surface area contributed by atoms with Gasteiger partial charge in [0.15, 0.2) is 5.84 Å². The molecule has 0 saturated carbocycles. The third-order valence-electron chi connectivity index (χ3n) is 2.25. The molecule has 0 aliphatic heterocycles. The van der Waals surface area contributed by atoms with Crippen LogP contribution in [0, 0.1) is 0 Å². The quantitative estimate of drug-likeness (QED) is 0.302. The summed E-state index contributed by atoms with van der Waals surface area (Å²) in [6.45, 7) is 2.30. The van der Waals surface area contributed by atoms with Crippen LogP contribution in [-0.2, 0) is 0 Å². The first-order valence-corrected chi connectivity index (χ1v) is 5.01. The number of rotatable bonds is 4. The molecule has 88 valence electrons. The van der Waals surface area contributed by atoms with E-state index in [2.05, 4.69) is 5.16 Å². The molecule has 0 aliphatic rings. The van der Waals surface area contributed by atoms with Crippen molar-refractivity contribution in [2.75, 3.05) is 18.5 Å². The highest BCUT2D eigenvalue weighted by atomic mass is 16.4. The lowest BCUT2D eigenvalue weighted by Crippen LogP contribution is -2.26. The zero-order chi connectivity index (χ0) is 12.1. The van der Waals surface area contributed by atoms with Gasteiger partial charge in [0.1, 0.15) is 0 Å². The Kier molecular flexibility index (Phi) is 4.13. The van der Waals surface area contributed by atoms with Crippen LogP contribution in [0.1, 0.15) is 12.5 Å². The molecule has 0 spiro atoms. The zero-order valence-electron chi connectivity index (χ0n) is 9.46. The molecule has 1 aromatic carbocycles. The number of aliphatic hydroxyl groups is 1. The second kappa shape index (κ2) is 5.37. The fourth-order valence-corrected chi connectivity index (χ4v) is 1.45. The summed E-state index contributed by atoms with van der Waals surface area (Å²) >= 11 is 0. The maximum atomic E-state index is 9.25. The lowest BCUT2D eigenvalue weighted by atomic mass is 10.2. The molecule has 5 nitrogen and oxygen atoms in total. The summed E-state index contributed by atoms with van der Waals surface area (Å²) in [6, 6.07) is 7.25. The normalized spacial score (nSPS) is 13.6. The van der Waals surface area contributed by atoms with Crippen molar-refractivity contribution in [2.45, 2.75) is 13.0 Å². The SMILES string of the molecule is CC(O)CN(C)c1ccc(C(N)=NO)cc1. The van der Waals surface area contributed by atoms with Crippen molar-refractivity contribution in [2.24, 2.45) is 10.9 Å². The topological polar surface area (TPSA) is 82.1 Å². The van der Waals surface area contributed by atoms with E-state index in [1.165, 1.54) is 0 Å². The first-order valence-electron chi connectivity index (χ1n) is 5.01. The number of aliphatic hydroxyl groups excluding tert-OH is 1. The number of nitrogens with zero attached hydrogens (tertiary/aromatic N) is 2. The largest absolute Gasteiger partial charge is 0.409 e. The molecular weight excluding hydrogens is 206 g/mol. The summed E-state index contributed by atoms with van der Waals surface area (Å²) in [5, 5.41) is 20.7. The first-order chi connectivity index (χ1) is 7.54. The van der Waals surface area contributed by atoms with E-state index in [0.29, 0.717) is 12.1 Å². The van der Waals surface area contributed by atoms with Crippen LogP contribution in [-0.4, -0.2) is 35.8 Å². The Morgan fingerprint density at radius 2 is 2.00 bits per heavy atom. The van der Waals surface area contributed by atoms with Crippen LogP contribution in [0.4, 0.5) is 5.69 Å². The first kappa shape index (κ1) is 12.3. The maximum absolute atomic E-state index is 9.25. The Bertz CT molecular complexity index is 360. The van der Waals surface area contributed by atoms with Gasteiger partial charge in [-0.25, -0.2) is 0 Å². The summed E-state index contributed by atoms with van der Waals surface area (Å²) in [6.07, 6.45) is -0.381. The van der Waals surface area contributed by atoms with E-state index in [0.717, 1.165) is 5.69 Å². The molecule has 1 aromatic rings. The molecule has 1 atom stereocenters. The predicted octanol–water partition coefficient (Wildman–Crippen LogP) is 0.598. The Labute approximate surface area is 94.8 Å². The lowest BCUT2D eigenvalue weighted by Gasteiger charge is -2.20. The van der Waals surface area contributed by atoms with Crippen LogP contribution in [0.2, 0.25) is 0 Å². The molecule has 0 radical (unpaired) electrons. The van der Waals surface area contributed by atoms with Crippen LogP contribution < -0.4 is 10.6 Å². The number of nitrogens with two attached hydrogens (primary N) is 1. The predicted molar refractivity (Wildman–Crippen MR) is 63.9 cm³/mol. The molecule has 0 bridgehead atoms. The van der Waals surface area contributed by atoms with Gasteiger partial charge in [0.05, 0.1) is 6.10 Å². The van der Waals surface area contributed by atoms with Gasteiger partial charge in [-0.15, -0.1) is 0 Å². The van der Waals surface area contributed by atoms with Gasteiger partial charge in [0, 0.05) is 24.8 Å². The van der Waals surface area contributed by atoms with Crippen molar-refractivity contribution in [3.05, 3.63) is 29.8 Å². The smallest absolute Gasteiger partial charge is 0.170 e. The summed E-state index contributed by atoms with van der Waals surface area (Å²) in [5.74, 6) is 0.0877. The Morgan fingerprint density at radius 1 is 1.44 bits per heavy atom. The molecule has 0 heterocycles. The Balaban J connectivity index is 2.78. The third-order valence-corrected chi connectivity index (χ3v) is 2.25. The lowest BCUT2D eigenvalue weighted by molar-refractivity contribution is 0.201. The third kappa shape index (κ3) is 3.13. The van der Waals surface area contributed by atoms with Crippen LogP contribution in [0.3, 0.4) is 0 Å². The van der Waals surface area contributed by atoms with Crippen molar-refractivity contribution < 1.29 is 10.3 Å².